The lowest BCUT2D eigenvalue weighted by Crippen LogP contribution is -2.47. The van der Waals surface area contributed by atoms with Gasteiger partial charge in [-0.1, -0.05) is 26.2 Å². The van der Waals surface area contributed by atoms with E-state index >= 15 is 0 Å². The zero-order valence-electron chi connectivity index (χ0n) is 9.69. The van der Waals surface area contributed by atoms with Crippen LogP contribution in [-0.4, -0.2) is 24.9 Å². The highest BCUT2D eigenvalue weighted by Gasteiger charge is 2.36. The number of nitrogens with one attached hydrogen (secondary N) is 1. The highest BCUT2D eigenvalue weighted by atomic mass is 19.3. The number of carbonyl (C=O) groups is 1. The molecule has 0 aromatic heterocycles. The third-order valence-electron chi connectivity index (χ3n) is 3.31. The Morgan fingerprint density at radius 3 is 2.44 bits per heavy atom. The number of amides is 1. The second-order valence-corrected chi connectivity index (χ2v) is 4.86. The molecule has 0 heterocycles. The SMILES string of the molecule is CC1(C(=O)NCC(F)(F)CN)CCCCC1. The maximum Gasteiger partial charge on any atom is 0.277 e. The molecule has 3 N–H and O–H groups in total. The molecule has 1 rings (SSSR count). The quantitative estimate of drug-likeness (QED) is 0.777. The van der Waals surface area contributed by atoms with Crippen LogP contribution in [0.3, 0.4) is 0 Å². The van der Waals surface area contributed by atoms with Crippen molar-refractivity contribution >= 4 is 5.91 Å². The summed E-state index contributed by atoms with van der Waals surface area (Å²) in [6, 6.07) is 0. The highest BCUT2D eigenvalue weighted by Crippen LogP contribution is 2.35. The van der Waals surface area contributed by atoms with E-state index < -0.39 is 24.4 Å². The average Bonchev–Trinajstić information content (AvgIpc) is 2.27. The molecule has 1 saturated carbocycles. The Hall–Kier alpha value is -0.710. The van der Waals surface area contributed by atoms with Gasteiger partial charge < -0.3 is 11.1 Å². The third kappa shape index (κ3) is 3.40. The van der Waals surface area contributed by atoms with Crippen molar-refractivity contribution in [3.63, 3.8) is 0 Å². The number of hydrogen-bond acceptors (Lipinski definition) is 2. The van der Waals surface area contributed by atoms with Gasteiger partial charge in [-0.25, -0.2) is 8.78 Å². The molecule has 16 heavy (non-hydrogen) atoms. The molecule has 0 aromatic rings. The molecule has 1 aliphatic carbocycles. The van der Waals surface area contributed by atoms with E-state index in [0.29, 0.717) is 0 Å². The third-order valence-corrected chi connectivity index (χ3v) is 3.31. The van der Waals surface area contributed by atoms with Crippen LogP contribution in [0.2, 0.25) is 0 Å². The minimum atomic E-state index is -3.00. The molecule has 0 aromatic carbocycles. The summed E-state index contributed by atoms with van der Waals surface area (Å²) in [5.41, 5.74) is 4.43. The van der Waals surface area contributed by atoms with Crippen LogP contribution in [0.25, 0.3) is 0 Å². The predicted molar refractivity (Wildman–Crippen MR) is 58.2 cm³/mol. The minimum absolute atomic E-state index is 0.264. The maximum absolute atomic E-state index is 12.9. The van der Waals surface area contributed by atoms with Gasteiger partial charge in [-0.05, 0) is 12.8 Å². The van der Waals surface area contributed by atoms with Crippen LogP contribution < -0.4 is 11.1 Å². The van der Waals surface area contributed by atoms with Crippen molar-refractivity contribution in [2.45, 2.75) is 45.0 Å². The van der Waals surface area contributed by atoms with Crippen molar-refractivity contribution < 1.29 is 13.6 Å². The number of hydrogen-bond donors (Lipinski definition) is 2. The van der Waals surface area contributed by atoms with Crippen LogP contribution in [0.15, 0.2) is 0 Å². The molecule has 0 unspecified atom stereocenters. The largest absolute Gasteiger partial charge is 0.350 e. The Kier molecular flexibility index (Phi) is 4.24. The Morgan fingerprint density at radius 2 is 1.94 bits per heavy atom. The van der Waals surface area contributed by atoms with Gasteiger partial charge in [-0.2, -0.15) is 0 Å². The molecule has 1 amide bonds. The van der Waals surface area contributed by atoms with E-state index in [9.17, 15) is 13.6 Å². The molecule has 1 fully saturated rings. The van der Waals surface area contributed by atoms with Gasteiger partial charge in [0.15, 0.2) is 0 Å². The highest BCUT2D eigenvalue weighted by molar-refractivity contribution is 5.82. The Balaban J connectivity index is 2.45. The van der Waals surface area contributed by atoms with Gasteiger partial charge in [0.05, 0.1) is 13.1 Å². The first kappa shape index (κ1) is 13.4. The molecule has 0 atom stereocenters. The number of nitrogens with two attached hydrogens (primary N) is 1. The van der Waals surface area contributed by atoms with E-state index in [-0.39, 0.29) is 5.91 Å². The average molecular weight is 234 g/mol. The molecular weight excluding hydrogens is 214 g/mol. The zero-order chi connectivity index (χ0) is 12.2. The summed E-state index contributed by atoms with van der Waals surface area (Å²) >= 11 is 0. The lowest BCUT2D eigenvalue weighted by molar-refractivity contribution is -0.133. The van der Waals surface area contributed by atoms with E-state index in [0.717, 1.165) is 32.1 Å². The van der Waals surface area contributed by atoms with Crippen molar-refractivity contribution in [2.24, 2.45) is 11.1 Å². The van der Waals surface area contributed by atoms with E-state index in [4.69, 9.17) is 5.73 Å². The van der Waals surface area contributed by atoms with Crippen molar-refractivity contribution in [3.05, 3.63) is 0 Å². The molecular formula is C11H20F2N2O. The van der Waals surface area contributed by atoms with Crippen LogP contribution >= 0.6 is 0 Å². The summed E-state index contributed by atoms with van der Waals surface area (Å²) in [4.78, 5) is 11.8. The number of alkyl halides is 2. The molecule has 0 bridgehead atoms. The summed E-state index contributed by atoms with van der Waals surface area (Å²) < 4.78 is 25.7. The number of carbonyl (C=O) groups excluding carboxylic acids is 1. The fraction of sp³-hybridized carbons (Fsp3) is 0.909. The second-order valence-electron chi connectivity index (χ2n) is 4.86. The smallest absolute Gasteiger partial charge is 0.277 e. The normalized spacial score (nSPS) is 20.5. The van der Waals surface area contributed by atoms with E-state index in [1.807, 2.05) is 6.92 Å². The fourth-order valence-electron chi connectivity index (χ4n) is 2.05. The summed E-state index contributed by atoms with van der Waals surface area (Å²) in [5, 5.41) is 2.32. The number of halogens is 2. The van der Waals surface area contributed by atoms with Crippen LogP contribution in [0.5, 0.6) is 0 Å². The zero-order valence-corrected chi connectivity index (χ0v) is 9.69. The van der Waals surface area contributed by atoms with Crippen LogP contribution in [0.4, 0.5) is 8.78 Å². The molecule has 94 valence electrons. The van der Waals surface area contributed by atoms with Crippen LogP contribution in [0, 0.1) is 5.41 Å². The van der Waals surface area contributed by atoms with Gasteiger partial charge >= 0.3 is 0 Å². The molecule has 1 aliphatic rings. The van der Waals surface area contributed by atoms with Crippen LogP contribution in [0.1, 0.15) is 39.0 Å². The summed E-state index contributed by atoms with van der Waals surface area (Å²) in [6.45, 7) is 0.462. The van der Waals surface area contributed by atoms with Gasteiger partial charge in [0.25, 0.3) is 5.92 Å². The standard InChI is InChI=1S/C11H20F2N2O/c1-10(5-3-2-4-6-10)9(16)15-8-11(12,13)7-14/h2-8,14H2,1H3,(H,15,16). The lowest BCUT2D eigenvalue weighted by Gasteiger charge is -2.32. The van der Waals surface area contributed by atoms with Crippen molar-refractivity contribution in [1.82, 2.24) is 5.32 Å². The van der Waals surface area contributed by atoms with Crippen molar-refractivity contribution in [3.8, 4) is 0 Å². The molecule has 0 spiro atoms. The maximum atomic E-state index is 12.9. The second kappa shape index (κ2) is 5.08. The van der Waals surface area contributed by atoms with Gasteiger partial charge in [0.2, 0.25) is 5.91 Å². The molecule has 0 saturated heterocycles. The molecule has 0 aliphatic heterocycles. The first-order valence-corrected chi connectivity index (χ1v) is 5.76. The van der Waals surface area contributed by atoms with Gasteiger partial charge in [0.1, 0.15) is 0 Å². The summed E-state index contributed by atoms with van der Waals surface area (Å²) in [6.07, 6.45) is 4.69. The fourth-order valence-corrected chi connectivity index (χ4v) is 2.05. The van der Waals surface area contributed by atoms with Gasteiger partial charge in [0, 0.05) is 5.41 Å². The first-order valence-electron chi connectivity index (χ1n) is 5.76. The van der Waals surface area contributed by atoms with E-state index in [1.165, 1.54) is 0 Å². The monoisotopic (exact) mass is 234 g/mol. The van der Waals surface area contributed by atoms with Gasteiger partial charge in [-0.15, -0.1) is 0 Å². The lowest BCUT2D eigenvalue weighted by atomic mass is 9.75. The summed E-state index contributed by atoms with van der Waals surface area (Å²) in [5.74, 6) is -3.26. The molecule has 3 nitrogen and oxygen atoms in total. The Labute approximate surface area is 94.8 Å². The molecule has 5 heteroatoms. The topological polar surface area (TPSA) is 55.1 Å². The van der Waals surface area contributed by atoms with Crippen molar-refractivity contribution in [1.29, 1.82) is 0 Å². The van der Waals surface area contributed by atoms with E-state index in [2.05, 4.69) is 5.32 Å². The first-order chi connectivity index (χ1) is 7.40. The number of rotatable bonds is 4. The molecule has 0 radical (unpaired) electrons. The minimum Gasteiger partial charge on any atom is -0.350 e. The van der Waals surface area contributed by atoms with E-state index in [1.54, 1.807) is 0 Å². The van der Waals surface area contributed by atoms with Crippen LogP contribution in [-0.2, 0) is 4.79 Å². The van der Waals surface area contributed by atoms with Gasteiger partial charge in [-0.3, -0.25) is 4.79 Å². The predicted octanol–water partition coefficient (Wildman–Crippen LogP) is 1.67. The Morgan fingerprint density at radius 1 is 1.38 bits per heavy atom. The Bertz CT molecular complexity index is 250. The summed E-state index contributed by atoms with van der Waals surface area (Å²) in [7, 11) is 0. The van der Waals surface area contributed by atoms with Crippen molar-refractivity contribution in [2.75, 3.05) is 13.1 Å².